The van der Waals surface area contributed by atoms with Gasteiger partial charge in [0.25, 0.3) is 0 Å². The predicted octanol–water partition coefficient (Wildman–Crippen LogP) is 11.7. The molecule has 0 aliphatic heterocycles. The SMILES string of the molecule is CCCCC/C=C\C/C=C\CCCCCCCCCCCC(=O)NC(COP(=O)(O)OCC[N+](C)(C)C)C(O)CCCCCCCCCCCCC. The summed E-state index contributed by atoms with van der Waals surface area (Å²) in [7, 11) is 1.61. The number of hydrogen-bond acceptors (Lipinski definition) is 5. The Balaban J connectivity index is 4.32. The van der Waals surface area contributed by atoms with Gasteiger partial charge in [0.15, 0.2) is 0 Å². The Morgan fingerprint density at radius 1 is 0.654 bits per heavy atom. The van der Waals surface area contributed by atoms with Gasteiger partial charge in [-0.25, -0.2) is 4.57 Å². The normalized spacial score (nSPS) is 14.7. The van der Waals surface area contributed by atoms with E-state index in [1.165, 1.54) is 122 Å². The molecule has 0 aromatic heterocycles. The van der Waals surface area contributed by atoms with Crippen LogP contribution < -0.4 is 5.32 Å². The van der Waals surface area contributed by atoms with Crippen molar-refractivity contribution in [3.63, 3.8) is 0 Å². The maximum absolute atomic E-state index is 12.9. The quantitative estimate of drug-likeness (QED) is 0.0250. The first kappa shape index (κ1) is 51.0. The lowest BCUT2D eigenvalue weighted by Gasteiger charge is -2.26. The van der Waals surface area contributed by atoms with Gasteiger partial charge in [-0.05, 0) is 44.9 Å². The van der Waals surface area contributed by atoms with E-state index < -0.39 is 20.0 Å². The Morgan fingerprint density at radius 2 is 1.10 bits per heavy atom. The summed E-state index contributed by atoms with van der Waals surface area (Å²) in [4.78, 5) is 23.1. The highest BCUT2D eigenvalue weighted by molar-refractivity contribution is 7.47. The lowest BCUT2D eigenvalue weighted by atomic mass is 10.0. The number of likely N-dealkylation sites (N-methyl/N-ethyl adjacent to an activating group) is 1. The van der Waals surface area contributed by atoms with Crippen LogP contribution in [0.3, 0.4) is 0 Å². The van der Waals surface area contributed by atoms with E-state index in [0.717, 1.165) is 44.9 Å². The van der Waals surface area contributed by atoms with Crippen molar-refractivity contribution >= 4 is 13.7 Å². The van der Waals surface area contributed by atoms with Crippen LogP contribution in [-0.4, -0.2) is 73.4 Å². The molecular weight excluding hydrogens is 671 g/mol. The van der Waals surface area contributed by atoms with E-state index in [0.29, 0.717) is 23.9 Å². The van der Waals surface area contributed by atoms with Crippen molar-refractivity contribution in [2.45, 2.75) is 206 Å². The van der Waals surface area contributed by atoms with Gasteiger partial charge in [0.1, 0.15) is 13.2 Å². The third kappa shape index (κ3) is 37.3. The molecule has 308 valence electrons. The molecule has 0 rings (SSSR count). The van der Waals surface area contributed by atoms with E-state index >= 15 is 0 Å². The van der Waals surface area contributed by atoms with Gasteiger partial charge < -0.3 is 19.8 Å². The number of amides is 1. The topological polar surface area (TPSA) is 105 Å². The molecule has 3 unspecified atom stereocenters. The number of phosphoric acid groups is 1. The molecule has 0 saturated heterocycles. The van der Waals surface area contributed by atoms with Gasteiger partial charge in [-0.3, -0.25) is 13.8 Å². The highest BCUT2D eigenvalue weighted by atomic mass is 31.2. The summed E-state index contributed by atoms with van der Waals surface area (Å²) in [6.07, 6.45) is 40.5. The summed E-state index contributed by atoms with van der Waals surface area (Å²) >= 11 is 0. The number of carbonyl (C=O) groups is 1. The zero-order valence-electron chi connectivity index (χ0n) is 34.8. The Bertz CT molecular complexity index is 907. The zero-order chi connectivity index (χ0) is 38.6. The molecular formula is C43H86N2O6P+. The van der Waals surface area contributed by atoms with Crippen LogP contribution in [0.25, 0.3) is 0 Å². The van der Waals surface area contributed by atoms with Gasteiger partial charge >= 0.3 is 7.82 Å². The molecule has 0 spiro atoms. The van der Waals surface area contributed by atoms with Crippen LogP contribution in [0.4, 0.5) is 0 Å². The van der Waals surface area contributed by atoms with E-state index in [1.807, 2.05) is 21.1 Å². The van der Waals surface area contributed by atoms with Crippen LogP contribution >= 0.6 is 7.82 Å². The minimum atomic E-state index is -4.31. The molecule has 0 aliphatic rings. The monoisotopic (exact) mass is 758 g/mol. The zero-order valence-corrected chi connectivity index (χ0v) is 35.7. The molecule has 52 heavy (non-hydrogen) atoms. The first-order valence-corrected chi connectivity index (χ1v) is 23.2. The number of nitrogens with zero attached hydrogens (tertiary/aromatic N) is 1. The smallest absolute Gasteiger partial charge is 0.391 e. The third-order valence-corrected chi connectivity index (χ3v) is 10.7. The summed E-state index contributed by atoms with van der Waals surface area (Å²) in [5.74, 6) is -0.151. The molecule has 0 fully saturated rings. The molecule has 0 aromatic carbocycles. The number of aliphatic hydroxyl groups is 1. The molecule has 8 nitrogen and oxygen atoms in total. The average molecular weight is 758 g/mol. The lowest BCUT2D eigenvalue weighted by Crippen LogP contribution is -2.46. The maximum Gasteiger partial charge on any atom is 0.472 e. The van der Waals surface area contributed by atoms with Crippen LogP contribution in [-0.2, 0) is 18.4 Å². The first-order chi connectivity index (χ1) is 25.0. The van der Waals surface area contributed by atoms with E-state index in [9.17, 15) is 19.4 Å². The van der Waals surface area contributed by atoms with E-state index in [1.54, 1.807) is 0 Å². The number of nitrogens with one attached hydrogen (secondary N) is 1. The van der Waals surface area contributed by atoms with Crippen LogP contribution in [0.1, 0.15) is 194 Å². The van der Waals surface area contributed by atoms with Crippen molar-refractivity contribution in [2.75, 3.05) is 40.9 Å². The number of quaternary nitrogens is 1. The van der Waals surface area contributed by atoms with Crippen molar-refractivity contribution in [3.8, 4) is 0 Å². The van der Waals surface area contributed by atoms with Gasteiger partial charge in [0, 0.05) is 6.42 Å². The van der Waals surface area contributed by atoms with Gasteiger partial charge in [-0.1, -0.05) is 167 Å². The fourth-order valence-electron chi connectivity index (χ4n) is 6.19. The molecule has 9 heteroatoms. The van der Waals surface area contributed by atoms with Crippen molar-refractivity contribution in [1.82, 2.24) is 5.32 Å². The highest BCUT2D eigenvalue weighted by Gasteiger charge is 2.28. The number of carbonyl (C=O) groups excluding carboxylic acids is 1. The Hall–Kier alpha value is -1.02. The number of phosphoric ester groups is 1. The molecule has 0 heterocycles. The van der Waals surface area contributed by atoms with E-state index in [2.05, 4.69) is 43.5 Å². The average Bonchev–Trinajstić information content (AvgIpc) is 3.09. The van der Waals surface area contributed by atoms with Crippen LogP contribution in [0.5, 0.6) is 0 Å². The molecule has 0 radical (unpaired) electrons. The second-order valence-corrected chi connectivity index (χ2v) is 17.5. The standard InChI is InChI=1S/C43H85N2O6P/c1-6-8-10-12-14-16-18-19-20-21-22-23-24-25-27-29-31-33-35-37-43(47)44-41(40-51-52(48,49)50-39-38-45(3,4)5)42(46)36-34-32-30-28-26-17-15-13-11-9-7-2/h14,16,19-20,41-42,46H,6-13,15,17-18,21-40H2,1-5H3,(H-,44,47,48,49)/p+1/b16-14-,20-19-. The fourth-order valence-corrected chi connectivity index (χ4v) is 6.93. The molecule has 0 saturated carbocycles. The summed E-state index contributed by atoms with van der Waals surface area (Å²) in [5, 5.41) is 13.9. The molecule has 3 atom stereocenters. The largest absolute Gasteiger partial charge is 0.472 e. The molecule has 0 aromatic rings. The summed E-state index contributed by atoms with van der Waals surface area (Å²) in [6, 6.07) is -0.759. The third-order valence-electron chi connectivity index (χ3n) is 9.70. The minimum absolute atomic E-state index is 0.0742. The second-order valence-electron chi connectivity index (χ2n) is 16.1. The number of unbranched alkanes of at least 4 members (excludes halogenated alkanes) is 22. The maximum atomic E-state index is 12.9. The first-order valence-electron chi connectivity index (χ1n) is 21.7. The van der Waals surface area contributed by atoms with E-state index in [-0.39, 0.29) is 19.1 Å². The summed E-state index contributed by atoms with van der Waals surface area (Å²) < 4.78 is 23.6. The Labute approximate surface area is 322 Å². The van der Waals surface area contributed by atoms with Crippen molar-refractivity contribution in [3.05, 3.63) is 24.3 Å². The Kier molecular flexibility index (Phi) is 35.0. The van der Waals surface area contributed by atoms with Gasteiger partial charge in [0.05, 0.1) is 39.9 Å². The minimum Gasteiger partial charge on any atom is -0.391 e. The molecule has 3 N–H and O–H groups in total. The summed E-state index contributed by atoms with van der Waals surface area (Å²) in [5.41, 5.74) is 0. The fraction of sp³-hybridized carbons (Fsp3) is 0.884. The van der Waals surface area contributed by atoms with E-state index in [4.69, 9.17) is 9.05 Å². The number of aliphatic hydroxyl groups excluding tert-OH is 1. The Morgan fingerprint density at radius 3 is 1.62 bits per heavy atom. The summed E-state index contributed by atoms with van der Waals surface area (Å²) in [6.45, 7) is 4.84. The number of allylic oxidation sites excluding steroid dienone is 4. The van der Waals surface area contributed by atoms with Crippen LogP contribution in [0.2, 0.25) is 0 Å². The highest BCUT2D eigenvalue weighted by Crippen LogP contribution is 2.43. The van der Waals surface area contributed by atoms with Crippen LogP contribution in [0, 0.1) is 0 Å². The van der Waals surface area contributed by atoms with Crippen molar-refractivity contribution < 1.29 is 32.9 Å². The van der Waals surface area contributed by atoms with Crippen LogP contribution in [0.15, 0.2) is 24.3 Å². The number of rotatable bonds is 39. The number of hydrogen-bond donors (Lipinski definition) is 3. The van der Waals surface area contributed by atoms with Crippen molar-refractivity contribution in [1.29, 1.82) is 0 Å². The lowest BCUT2D eigenvalue weighted by molar-refractivity contribution is -0.870. The molecule has 0 aliphatic carbocycles. The molecule has 0 bridgehead atoms. The van der Waals surface area contributed by atoms with Gasteiger partial charge in [-0.15, -0.1) is 0 Å². The van der Waals surface area contributed by atoms with Gasteiger partial charge in [0.2, 0.25) is 5.91 Å². The van der Waals surface area contributed by atoms with Crippen molar-refractivity contribution in [2.24, 2.45) is 0 Å². The van der Waals surface area contributed by atoms with Gasteiger partial charge in [-0.2, -0.15) is 0 Å². The predicted molar refractivity (Wildman–Crippen MR) is 221 cm³/mol. The molecule has 1 amide bonds. The second kappa shape index (κ2) is 35.7.